The molecular weight excluding hydrogens is 234 g/mol. The number of nitrogens with two attached hydrogens (primary N) is 1. The molecule has 0 saturated carbocycles. The number of rotatable bonds is 5. The Morgan fingerprint density at radius 1 is 1.65 bits per heavy atom. The second-order valence-corrected chi connectivity index (χ2v) is 6.02. The normalized spacial score (nSPS) is 27.8. The average molecular weight is 259 g/mol. The molecule has 0 bridgehead atoms. The predicted octanol–water partition coefficient (Wildman–Crippen LogP) is 0.523. The first-order valence-corrected chi connectivity index (χ1v) is 7.67. The Morgan fingerprint density at radius 3 is 2.94 bits per heavy atom. The van der Waals surface area contributed by atoms with Crippen molar-refractivity contribution >= 4 is 17.7 Å². The maximum atomic E-state index is 11.9. The van der Waals surface area contributed by atoms with Crippen LogP contribution in [0.4, 0.5) is 0 Å². The van der Waals surface area contributed by atoms with Crippen molar-refractivity contribution in [3.05, 3.63) is 0 Å². The van der Waals surface area contributed by atoms with E-state index in [1.165, 1.54) is 0 Å². The van der Waals surface area contributed by atoms with Gasteiger partial charge in [-0.05, 0) is 44.4 Å². The smallest absolute Gasteiger partial charge is 0.237 e. The minimum absolute atomic E-state index is 0.0143. The van der Waals surface area contributed by atoms with Crippen LogP contribution >= 0.6 is 11.8 Å². The highest BCUT2D eigenvalue weighted by atomic mass is 32.2. The highest BCUT2D eigenvalue weighted by Crippen LogP contribution is 2.15. The molecule has 17 heavy (non-hydrogen) atoms. The van der Waals surface area contributed by atoms with Crippen LogP contribution in [0.2, 0.25) is 0 Å². The van der Waals surface area contributed by atoms with Gasteiger partial charge in [0.25, 0.3) is 0 Å². The fourth-order valence-electron chi connectivity index (χ4n) is 2.23. The maximum absolute atomic E-state index is 11.9. The van der Waals surface area contributed by atoms with E-state index in [4.69, 9.17) is 5.73 Å². The first kappa shape index (κ1) is 14.8. The molecule has 0 spiro atoms. The van der Waals surface area contributed by atoms with Crippen molar-refractivity contribution in [3.8, 4) is 0 Å². The summed E-state index contributed by atoms with van der Waals surface area (Å²) in [5, 5.41) is 3.10. The van der Waals surface area contributed by atoms with Gasteiger partial charge in [-0.1, -0.05) is 6.92 Å². The van der Waals surface area contributed by atoms with Gasteiger partial charge in [-0.25, -0.2) is 0 Å². The van der Waals surface area contributed by atoms with Crippen LogP contribution in [-0.2, 0) is 4.79 Å². The maximum Gasteiger partial charge on any atom is 0.237 e. The quantitative estimate of drug-likeness (QED) is 0.756. The number of hydrogen-bond acceptors (Lipinski definition) is 4. The molecule has 0 aliphatic carbocycles. The molecule has 3 atom stereocenters. The van der Waals surface area contributed by atoms with Crippen molar-refractivity contribution in [2.75, 3.05) is 32.1 Å². The van der Waals surface area contributed by atoms with Gasteiger partial charge >= 0.3 is 0 Å². The van der Waals surface area contributed by atoms with Gasteiger partial charge in [0.15, 0.2) is 0 Å². The third-order valence-corrected chi connectivity index (χ3v) is 4.05. The van der Waals surface area contributed by atoms with Crippen LogP contribution in [0.25, 0.3) is 0 Å². The summed E-state index contributed by atoms with van der Waals surface area (Å²) in [7, 11) is 2.12. The zero-order valence-corrected chi connectivity index (χ0v) is 11.9. The fraction of sp³-hybridized carbons (Fsp3) is 0.917. The molecule has 100 valence electrons. The van der Waals surface area contributed by atoms with Crippen molar-refractivity contribution in [1.82, 2.24) is 10.2 Å². The van der Waals surface area contributed by atoms with E-state index in [0.29, 0.717) is 12.0 Å². The lowest BCUT2D eigenvalue weighted by atomic mass is 9.94. The second-order valence-electron chi connectivity index (χ2n) is 5.03. The van der Waals surface area contributed by atoms with E-state index in [9.17, 15) is 4.79 Å². The third kappa shape index (κ3) is 4.85. The van der Waals surface area contributed by atoms with Gasteiger partial charge in [0.05, 0.1) is 6.04 Å². The summed E-state index contributed by atoms with van der Waals surface area (Å²) in [5.74, 6) is 1.46. The third-order valence-electron chi connectivity index (χ3n) is 3.41. The van der Waals surface area contributed by atoms with Crippen LogP contribution in [0.15, 0.2) is 0 Å². The molecule has 1 heterocycles. The Labute approximate surface area is 109 Å². The Bertz CT molecular complexity index is 250. The van der Waals surface area contributed by atoms with Crippen LogP contribution in [0.3, 0.4) is 0 Å². The van der Waals surface area contributed by atoms with Gasteiger partial charge in [0, 0.05) is 12.6 Å². The number of carbonyl (C=O) groups is 1. The summed E-state index contributed by atoms with van der Waals surface area (Å²) in [6, 6.07) is -0.0617. The van der Waals surface area contributed by atoms with Crippen molar-refractivity contribution in [2.24, 2.45) is 11.7 Å². The topological polar surface area (TPSA) is 58.4 Å². The highest BCUT2D eigenvalue weighted by Gasteiger charge is 2.26. The zero-order chi connectivity index (χ0) is 12.8. The molecule has 3 N–H and O–H groups in total. The summed E-state index contributed by atoms with van der Waals surface area (Å²) in [6.07, 6.45) is 3.82. The zero-order valence-electron chi connectivity index (χ0n) is 11.1. The van der Waals surface area contributed by atoms with Crippen molar-refractivity contribution < 1.29 is 4.79 Å². The van der Waals surface area contributed by atoms with E-state index in [-0.39, 0.29) is 11.9 Å². The Kier molecular flexibility index (Phi) is 6.30. The molecule has 0 aromatic heterocycles. The summed E-state index contributed by atoms with van der Waals surface area (Å²) < 4.78 is 0. The summed E-state index contributed by atoms with van der Waals surface area (Å²) in [5.41, 5.74) is 5.86. The molecule has 5 heteroatoms. The SMILES string of the molecule is CSCC[C@H](N)C(=O)NC1CCN(C)CC1C. The highest BCUT2D eigenvalue weighted by molar-refractivity contribution is 7.98. The first-order valence-electron chi connectivity index (χ1n) is 6.28. The monoisotopic (exact) mass is 259 g/mol. The lowest BCUT2D eigenvalue weighted by Crippen LogP contribution is -2.52. The predicted molar refractivity (Wildman–Crippen MR) is 74.2 cm³/mol. The summed E-state index contributed by atoms with van der Waals surface area (Å²) in [4.78, 5) is 14.2. The molecule has 1 amide bonds. The average Bonchev–Trinajstić information content (AvgIpc) is 2.29. The van der Waals surface area contributed by atoms with E-state index in [0.717, 1.165) is 31.7 Å². The number of nitrogens with one attached hydrogen (secondary N) is 1. The van der Waals surface area contributed by atoms with E-state index in [1.54, 1.807) is 11.8 Å². The standard InChI is InChI=1S/C12H25N3OS/c1-9-8-15(2)6-4-11(9)14-12(16)10(13)5-7-17-3/h9-11H,4-8,13H2,1-3H3,(H,14,16)/t9?,10-,11?/m0/s1. The first-order chi connectivity index (χ1) is 8.04. The van der Waals surface area contributed by atoms with Crippen molar-refractivity contribution in [1.29, 1.82) is 0 Å². The number of amides is 1. The minimum atomic E-state index is -0.352. The van der Waals surface area contributed by atoms with Crippen LogP contribution in [0, 0.1) is 5.92 Å². The molecule has 0 radical (unpaired) electrons. The van der Waals surface area contributed by atoms with Crippen LogP contribution < -0.4 is 11.1 Å². The van der Waals surface area contributed by atoms with Gasteiger partial charge in [-0.3, -0.25) is 4.79 Å². The van der Waals surface area contributed by atoms with Gasteiger partial charge in [0.2, 0.25) is 5.91 Å². The molecule has 1 rings (SSSR count). The van der Waals surface area contributed by atoms with E-state index >= 15 is 0 Å². The largest absolute Gasteiger partial charge is 0.352 e. The molecule has 0 aromatic rings. The fourth-order valence-corrected chi connectivity index (χ4v) is 2.72. The van der Waals surface area contributed by atoms with Gasteiger partial charge in [0.1, 0.15) is 0 Å². The molecule has 1 fully saturated rings. The number of likely N-dealkylation sites (tertiary alicyclic amines) is 1. The molecule has 4 nitrogen and oxygen atoms in total. The van der Waals surface area contributed by atoms with Crippen molar-refractivity contribution in [3.63, 3.8) is 0 Å². The Hall–Kier alpha value is -0.260. The summed E-state index contributed by atoms with van der Waals surface area (Å²) in [6.45, 7) is 4.29. The van der Waals surface area contributed by atoms with Gasteiger partial charge < -0.3 is 16.0 Å². The Morgan fingerprint density at radius 2 is 2.35 bits per heavy atom. The van der Waals surface area contributed by atoms with Gasteiger partial charge in [-0.15, -0.1) is 0 Å². The number of nitrogens with zero attached hydrogens (tertiary/aromatic N) is 1. The summed E-state index contributed by atoms with van der Waals surface area (Å²) >= 11 is 1.73. The van der Waals surface area contributed by atoms with Crippen LogP contribution in [-0.4, -0.2) is 55.0 Å². The second kappa shape index (κ2) is 7.24. The number of carbonyl (C=O) groups excluding carboxylic acids is 1. The van der Waals surface area contributed by atoms with E-state index in [2.05, 4.69) is 24.2 Å². The number of piperidine rings is 1. The molecule has 0 aromatic carbocycles. The minimum Gasteiger partial charge on any atom is -0.352 e. The molecule has 1 aliphatic heterocycles. The lowest BCUT2D eigenvalue weighted by molar-refractivity contribution is -0.123. The molecular formula is C12H25N3OS. The lowest BCUT2D eigenvalue weighted by Gasteiger charge is -2.35. The van der Waals surface area contributed by atoms with Crippen LogP contribution in [0.1, 0.15) is 19.8 Å². The number of thioether (sulfide) groups is 1. The van der Waals surface area contributed by atoms with Crippen molar-refractivity contribution in [2.45, 2.75) is 31.8 Å². The molecule has 1 aliphatic rings. The number of hydrogen-bond donors (Lipinski definition) is 2. The van der Waals surface area contributed by atoms with Gasteiger partial charge in [-0.2, -0.15) is 11.8 Å². The van der Waals surface area contributed by atoms with E-state index in [1.807, 2.05) is 6.26 Å². The Balaban J connectivity index is 2.34. The molecule has 2 unspecified atom stereocenters. The van der Waals surface area contributed by atoms with Crippen LogP contribution in [0.5, 0.6) is 0 Å². The van der Waals surface area contributed by atoms with E-state index < -0.39 is 0 Å². The molecule has 1 saturated heterocycles.